The Morgan fingerprint density at radius 2 is 1.91 bits per heavy atom. The third kappa shape index (κ3) is 6.65. The van der Waals surface area contributed by atoms with Crippen LogP contribution in [0.5, 0.6) is 0 Å². The van der Waals surface area contributed by atoms with Crippen molar-refractivity contribution in [2.24, 2.45) is 0 Å². The monoisotopic (exact) mass is 449 g/mol. The van der Waals surface area contributed by atoms with Gasteiger partial charge in [0.1, 0.15) is 0 Å². The van der Waals surface area contributed by atoms with Gasteiger partial charge in [0.2, 0.25) is 5.91 Å². The second kappa shape index (κ2) is 11.4. The molecule has 0 saturated heterocycles. The van der Waals surface area contributed by atoms with Gasteiger partial charge in [0.25, 0.3) is 5.69 Å². The Morgan fingerprint density at radius 1 is 1.12 bits per heavy atom. The maximum atomic E-state index is 12.9. The van der Waals surface area contributed by atoms with Crippen molar-refractivity contribution in [1.82, 2.24) is 9.88 Å². The van der Waals surface area contributed by atoms with Gasteiger partial charge in [-0.25, -0.2) is 0 Å². The highest BCUT2D eigenvalue weighted by molar-refractivity contribution is 7.99. The molecule has 7 heteroatoms. The van der Waals surface area contributed by atoms with E-state index in [0.29, 0.717) is 25.9 Å². The molecule has 3 aromatic rings. The molecule has 0 radical (unpaired) electrons. The first-order valence-electron chi connectivity index (χ1n) is 10.7. The fourth-order valence-corrected chi connectivity index (χ4v) is 4.22. The van der Waals surface area contributed by atoms with E-state index in [9.17, 15) is 14.9 Å². The van der Waals surface area contributed by atoms with Crippen LogP contribution in [0.25, 0.3) is 0 Å². The summed E-state index contributed by atoms with van der Waals surface area (Å²) in [5.41, 5.74) is 2.88. The standard InChI is InChI=1S/C25H27N3O3S/c1-3-6-25(29)27(16-14-21-7-4-5-15-26-21)18-20-17-22(28(30)31)10-13-24(20)32-23-11-8-19(2)9-12-23/h4-5,7-13,15,17H,3,6,14,16,18H2,1-2H3. The lowest BCUT2D eigenvalue weighted by atomic mass is 10.1. The van der Waals surface area contributed by atoms with E-state index < -0.39 is 4.92 Å². The molecule has 0 saturated carbocycles. The Labute approximate surface area is 192 Å². The zero-order valence-electron chi connectivity index (χ0n) is 18.4. The van der Waals surface area contributed by atoms with Crippen LogP contribution in [0, 0.1) is 17.0 Å². The molecular formula is C25H27N3O3S. The van der Waals surface area contributed by atoms with E-state index in [2.05, 4.69) is 4.98 Å². The minimum Gasteiger partial charge on any atom is -0.338 e. The van der Waals surface area contributed by atoms with E-state index in [-0.39, 0.29) is 11.6 Å². The SMILES string of the molecule is CCCC(=O)N(CCc1ccccn1)Cc1cc([N+](=O)[O-])ccc1Sc1ccc(C)cc1. The van der Waals surface area contributed by atoms with Gasteiger partial charge in [0, 0.05) is 59.7 Å². The number of nitrogens with zero attached hydrogens (tertiary/aromatic N) is 3. The molecule has 0 aliphatic heterocycles. The first-order chi connectivity index (χ1) is 15.5. The van der Waals surface area contributed by atoms with Gasteiger partial charge in [-0.2, -0.15) is 0 Å². The summed E-state index contributed by atoms with van der Waals surface area (Å²) in [5.74, 6) is 0.0428. The number of nitro benzene ring substituents is 1. The smallest absolute Gasteiger partial charge is 0.269 e. The summed E-state index contributed by atoms with van der Waals surface area (Å²) in [6, 6.07) is 18.8. The van der Waals surface area contributed by atoms with E-state index in [1.807, 2.05) is 56.3 Å². The van der Waals surface area contributed by atoms with E-state index in [1.165, 1.54) is 11.6 Å². The van der Waals surface area contributed by atoms with Crippen LogP contribution in [0.1, 0.15) is 36.6 Å². The Morgan fingerprint density at radius 3 is 2.56 bits per heavy atom. The molecule has 0 bridgehead atoms. The number of aryl methyl sites for hydroxylation is 1. The average Bonchev–Trinajstić information content (AvgIpc) is 2.79. The third-order valence-corrected chi connectivity index (χ3v) is 6.17. The van der Waals surface area contributed by atoms with E-state index >= 15 is 0 Å². The van der Waals surface area contributed by atoms with E-state index in [4.69, 9.17) is 0 Å². The van der Waals surface area contributed by atoms with Crippen molar-refractivity contribution in [2.75, 3.05) is 6.54 Å². The molecule has 0 N–H and O–H groups in total. The lowest BCUT2D eigenvalue weighted by molar-refractivity contribution is -0.385. The summed E-state index contributed by atoms with van der Waals surface area (Å²) >= 11 is 1.55. The molecular weight excluding hydrogens is 422 g/mol. The minimum atomic E-state index is -0.393. The molecule has 6 nitrogen and oxygen atoms in total. The number of carbonyl (C=O) groups is 1. The summed E-state index contributed by atoms with van der Waals surface area (Å²) in [5, 5.41) is 11.4. The fraction of sp³-hybridized carbons (Fsp3) is 0.280. The number of carbonyl (C=O) groups excluding carboxylic acids is 1. The van der Waals surface area contributed by atoms with Gasteiger partial charge >= 0.3 is 0 Å². The number of amides is 1. The normalized spacial score (nSPS) is 10.7. The van der Waals surface area contributed by atoms with Gasteiger partial charge in [-0.15, -0.1) is 0 Å². The highest BCUT2D eigenvalue weighted by Gasteiger charge is 2.18. The first-order valence-corrected chi connectivity index (χ1v) is 11.5. The second-order valence-electron chi connectivity index (χ2n) is 7.60. The highest BCUT2D eigenvalue weighted by Crippen LogP contribution is 2.33. The average molecular weight is 450 g/mol. The predicted molar refractivity (Wildman–Crippen MR) is 127 cm³/mol. The van der Waals surface area contributed by atoms with Gasteiger partial charge in [-0.05, 0) is 49.2 Å². The number of benzene rings is 2. The third-order valence-electron chi connectivity index (χ3n) is 5.05. The lowest BCUT2D eigenvalue weighted by Gasteiger charge is -2.24. The van der Waals surface area contributed by atoms with Crippen LogP contribution in [0.15, 0.2) is 76.7 Å². The molecule has 166 valence electrons. The molecule has 0 unspecified atom stereocenters. The number of hydrogen-bond acceptors (Lipinski definition) is 5. The zero-order valence-corrected chi connectivity index (χ0v) is 19.2. The number of non-ortho nitro benzene ring substituents is 1. The molecule has 1 heterocycles. The summed E-state index contributed by atoms with van der Waals surface area (Å²) in [6.45, 7) is 4.83. The Balaban J connectivity index is 1.87. The molecule has 3 rings (SSSR count). The van der Waals surface area contributed by atoms with Crippen molar-refractivity contribution in [1.29, 1.82) is 0 Å². The Bertz CT molecular complexity index is 1060. The van der Waals surface area contributed by atoms with Crippen LogP contribution >= 0.6 is 11.8 Å². The van der Waals surface area contributed by atoms with Crippen molar-refractivity contribution in [2.45, 2.75) is 49.4 Å². The number of nitro groups is 1. The number of rotatable bonds is 10. The molecule has 0 aliphatic carbocycles. The second-order valence-corrected chi connectivity index (χ2v) is 8.72. The molecule has 1 amide bonds. The molecule has 1 aromatic heterocycles. The summed E-state index contributed by atoms with van der Waals surface area (Å²) in [7, 11) is 0. The molecule has 2 aromatic carbocycles. The van der Waals surface area contributed by atoms with Gasteiger partial charge in [0.15, 0.2) is 0 Å². The van der Waals surface area contributed by atoms with Crippen molar-refractivity contribution < 1.29 is 9.72 Å². The van der Waals surface area contributed by atoms with E-state index in [1.54, 1.807) is 35.0 Å². The lowest BCUT2D eigenvalue weighted by Crippen LogP contribution is -2.32. The van der Waals surface area contributed by atoms with Crippen LogP contribution < -0.4 is 0 Å². The quantitative estimate of drug-likeness (QED) is 0.288. The Hall–Kier alpha value is -3.19. The molecule has 0 atom stereocenters. The first kappa shape index (κ1) is 23.5. The molecule has 0 spiro atoms. The largest absolute Gasteiger partial charge is 0.338 e. The van der Waals surface area contributed by atoms with Crippen molar-refractivity contribution >= 4 is 23.4 Å². The molecule has 0 fully saturated rings. The molecule has 32 heavy (non-hydrogen) atoms. The van der Waals surface area contributed by atoms with E-state index in [0.717, 1.165) is 27.5 Å². The molecule has 0 aliphatic rings. The van der Waals surface area contributed by atoms with Gasteiger partial charge < -0.3 is 4.90 Å². The minimum absolute atomic E-state index is 0.0286. The Kier molecular flexibility index (Phi) is 8.39. The summed E-state index contributed by atoms with van der Waals surface area (Å²) < 4.78 is 0. The number of pyridine rings is 1. The van der Waals surface area contributed by atoms with Crippen molar-refractivity contribution in [3.05, 3.63) is 93.8 Å². The number of hydrogen-bond donors (Lipinski definition) is 0. The van der Waals surface area contributed by atoms with Crippen LogP contribution in [0.4, 0.5) is 5.69 Å². The zero-order chi connectivity index (χ0) is 22.9. The number of aromatic nitrogens is 1. The van der Waals surface area contributed by atoms with Crippen LogP contribution in [-0.4, -0.2) is 27.3 Å². The van der Waals surface area contributed by atoms with Crippen LogP contribution in [-0.2, 0) is 17.8 Å². The van der Waals surface area contributed by atoms with Gasteiger partial charge in [-0.1, -0.05) is 42.4 Å². The van der Waals surface area contributed by atoms with Crippen LogP contribution in [0.3, 0.4) is 0 Å². The topological polar surface area (TPSA) is 76.3 Å². The maximum absolute atomic E-state index is 12.9. The summed E-state index contributed by atoms with van der Waals surface area (Å²) in [4.78, 5) is 32.0. The highest BCUT2D eigenvalue weighted by atomic mass is 32.2. The maximum Gasteiger partial charge on any atom is 0.269 e. The van der Waals surface area contributed by atoms with Crippen LogP contribution in [0.2, 0.25) is 0 Å². The van der Waals surface area contributed by atoms with Gasteiger partial charge in [-0.3, -0.25) is 19.9 Å². The predicted octanol–water partition coefficient (Wildman–Crippen LogP) is 5.82. The van der Waals surface area contributed by atoms with Crippen molar-refractivity contribution in [3.8, 4) is 0 Å². The van der Waals surface area contributed by atoms with Crippen molar-refractivity contribution in [3.63, 3.8) is 0 Å². The summed E-state index contributed by atoms with van der Waals surface area (Å²) in [6.07, 6.45) is 3.56. The van der Waals surface area contributed by atoms with Gasteiger partial charge in [0.05, 0.1) is 4.92 Å². The fourth-order valence-electron chi connectivity index (χ4n) is 3.30.